The molecule has 1 N–H and O–H groups in total. The van der Waals surface area contributed by atoms with Gasteiger partial charge >= 0.3 is 0 Å². The first kappa shape index (κ1) is 13.0. The fourth-order valence-electron chi connectivity index (χ4n) is 3.70. The summed E-state index contributed by atoms with van der Waals surface area (Å²) in [5, 5.41) is 6.04. The summed E-state index contributed by atoms with van der Waals surface area (Å²) < 4.78 is 11.5. The molecule has 0 spiro atoms. The molecule has 2 aliphatic heterocycles. The highest BCUT2D eigenvalue weighted by Crippen LogP contribution is 2.31. The lowest BCUT2D eigenvalue weighted by Gasteiger charge is -2.29. The molecule has 0 amide bonds. The van der Waals surface area contributed by atoms with Crippen molar-refractivity contribution in [1.82, 2.24) is 5.32 Å². The lowest BCUT2D eigenvalue weighted by Crippen LogP contribution is -2.42. The average Bonchev–Trinajstić information content (AvgIpc) is 2.85. The molecule has 3 nitrogen and oxygen atoms in total. The van der Waals surface area contributed by atoms with Crippen LogP contribution in [0.5, 0.6) is 11.5 Å². The topological polar surface area (TPSA) is 30.5 Å². The molecule has 2 aliphatic rings. The maximum atomic E-state index is 6.24. The zero-order valence-corrected chi connectivity index (χ0v) is 12.3. The maximum absolute atomic E-state index is 6.24. The van der Waals surface area contributed by atoms with Crippen molar-refractivity contribution in [1.29, 1.82) is 0 Å². The van der Waals surface area contributed by atoms with Crippen LogP contribution in [0, 0.1) is 0 Å². The molecule has 2 aromatic rings. The Balaban J connectivity index is 1.55. The Morgan fingerprint density at radius 2 is 1.57 bits per heavy atom. The second-order valence-electron chi connectivity index (χ2n) is 6.22. The Labute approximate surface area is 125 Å². The highest BCUT2D eigenvalue weighted by atomic mass is 16.5. The van der Waals surface area contributed by atoms with Gasteiger partial charge in [-0.3, -0.25) is 0 Å². The first-order valence-electron chi connectivity index (χ1n) is 7.81. The van der Waals surface area contributed by atoms with Crippen LogP contribution in [0.15, 0.2) is 36.4 Å². The first-order valence-corrected chi connectivity index (χ1v) is 7.81. The number of rotatable bonds is 3. The SMILES string of the molecule is COc1ccc2ccc(OC3CC4CCC(C3)N4)cc2c1. The number of fused-ring (bicyclic) bond motifs is 3. The van der Waals surface area contributed by atoms with Gasteiger partial charge in [-0.15, -0.1) is 0 Å². The molecule has 2 bridgehead atoms. The molecule has 0 aliphatic carbocycles. The standard InChI is InChI=1S/C18H21NO2/c1-20-16-6-2-12-3-7-17(9-13(12)8-16)21-18-10-14-4-5-15(11-18)19-14/h2-3,6-9,14-15,18-19H,4-5,10-11H2,1H3. The van der Waals surface area contributed by atoms with Crippen LogP contribution in [0.4, 0.5) is 0 Å². The van der Waals surface area contributed by atoms with E-state index >= 15 is 0 Å². The van der Waals surface area contributed by atoms with Gasteiger partial charge in [-0.2, -0.15) is 0 Å². The molecule has 4 rings (SSSR count). The van der Waals surface area contributed by atoms with Crippen LogP contribution in [0.2, 0.25) is 0 Å². The summed E-state index contributed by atoms with van der Waals surface area (Å²) in [4.78, 5) is 0. The van der Waals surface area contributed by atoms with E-state index in [0.29, 0.717) is 18.2 Å². The van der Waals surface area contributed by atoms with Crippen molar-refractivity contribution in [3.05, 3.63) is 36.4 Å². The molecular formula is C18H21NO2. The van der Waals surface area contributed by atoms with Crippen LogP contribution in [0.25, 0.3) is 10.8 Å². The number of ether oxygens (including phenoxy) is 2. The fourth-order valence-corrected chi connectivity index (χ4v) is 3.70. The minimum absolute atomic E-state index is 0.354. The number of methoxy groups -OCH3 is 1. The van der Waals surface area contributed by atoms with Gasteiger partial charge in [0.05, 0.1) is 7.11 Å². The van der Waals surface area contributed by atoms with Crippen LogP contribution in [-0.2, 0) is 0 Å². The van der Waals surface area contributed by atoms with Crippen molar-refractivity contribution < 1.29 is 9.47 Å². The van der Waals surface area contributed by atoms with E-state index in [9.17, 15) is 0 Å². The molecule has 2 atom stereocenters. The van der Waals surface area contributed by atoms with Gasteiger partial charge in [-0.1, -0.05) is 12.1 Å². The summed E-state index contributed by atoms with van der Waals surface area (Å²) in [6.07, 6.45) is 5.23. The Kier molecular flexibility index (Phi) is 3.23. The number of piperidine rings is 1. The molecule has 110 valence electrons. The summed E-state index contributed by atoms with van der Waals surface area (Å²) in [5.74, 6) is 1.86. The largest absolute Gasteiger partial charge is 0.497 e. The van der Waals surface area contributed by atoms with Crippen molar-refractivity contribution in [2.75, 3.05) is 7.11 Å². The monoisotopic (exact) mass is 283 g/mol. The average molecular weight is 283 g/mol. The molecule has 2 aromatic carbocycles. The smallest absolute Gasteiger partial charge is 0.120 e. The van der Waals surface area contributed by atoms with Crippen LogP contribution < -0.4 is 14.8 Å². The maximum Gasteiger partial charge on any atom is 0.120 e. The summed E-state index contributed by atoms with van der Waals surface area (Å²) in [6, 6.07) is 13.8. The predicted octanol–water partition coefficient (Wildman–Crippen LogP) is 3.51. The molecule has 2 fully saturated rings. The highest BCUT2D eigenvalue weighted by Gasteiger charge is 2.34. The van der Waals surface area contributed by atoms with Crippen molar-refractivity contribution in [2.45, 2.75) is 43.9 Å². The third kappa shape index (κ3) is 2.58. The van der Waals surface area contributed by atoms with E-state index in [1.807, 2.05) is 6.07 Å². The predicted molar refractivity (Wildman–Crippen MR) is 84.1 cm³/mol. The van der Waals surface area contributed by atoms with Gasteiger partial charge in [0.2, 0.25) is 0 Å². The lowest BCUT2D eigenvalue weighted by atomic mass is 10.0. The van der Waals surface area contributed by atoms with Crippen molar-refractivity contribution >= 4 is 10.8 Å². The molecule has 2 unspecified atom stereocenters. The summed E-state index contributed by atoms with van der Waals surface area (Å²) in [7, 11) is 1.70. The Morgan fingerprint density at radius 3 is 2.29 bits per heavy atom. The molecular weight excluding hydrogens is 262 g/mol. The van der Waals surface area contributed by atoms with E-state index in [0.717, 1.165) is 24.3 Å². The molecule has 21 heavy (non-hydrogen) atoms. The minimum atomic E-state index is 0.354. The van der Waals surface area contributed by atoms with E-state index < -0.39 is 0 Å². The van der Waals surface area contributed by atoms with Gasteiger partial charge in [-0.25, -0.2) is 0 Å². The molecule has 2 saturated heterocycles. The minimum Gasteiger partial charge on any atom is -0.497 e. The second kappa shape index (κ2) is 5.23. The third-order valence-corrected chi connectivity index (χ3v) is 4.75. The Morgan fingerprint density at radius 1 is 0.905 bits per heavy atom. The molecule has 0 saturated carbocycles. The quantitative estimate of drug-likeness (QED) is 0.935. The van der Waals surface area contributed by atoms with Crippen molar-refractivity contribution in [2.24, 2.45) is 0 Å². The van der Waals surface area contributed by atoms with E-state index in [2.05, 4.69) is 35.6 Å². The van der Waals surface area contributed by atoms with Gasteiger partial charge in [-0.05, 0) is 60.7 Å². The van der Waals surface area contributed by atoms with E-state index in [-0.39, 0.29) is 0 Å². The van der Waals surface area contributed by atoms with E-state index in [1.54, 1.807) is 7.11 Å². The number of hydrogen-bond acceptors (Lipinski definition) is 3. The molecule has 0 radical (unpaired) electrons. The van der Waals surface area contributed by atoms with Gasteiger partial charge in [0.25, 0.3) is 0 Å². The lowest BCUT2D eigenvalue weighted by molar-refractivity contribution is 0.137. The first-order chi connectivity index (χ1) is 10.3. The zero-order valence-electron chi connectivity index (χ0n) is 12.3. The van der Waals surface area contributed by atoms with Gasteiger partial charge in [0.1, 0.15) is 17.6 Å². The number of nitrogens with one attached hydrogen (secondary N) is 1. The Hall–Kier alpha value is -1.74. The van der Waals surface area contributed by atoms with Crippen LogP contribution >= 0.6 is 0 Å². The van der Waals surface area contributed by atoms with Crippen molar-refractivity contribution in [3.8, 4) is 11.5 Å². The second-order valence-corrected chi connectivity index (χ2v) is 6.22. The Bertz CT molecular complexity index is 643. The summed E-state index contributed by atoms with van der Waals surface area (Å²) in [5.41, 5.74) is 0. The van der Waals surface area contributed by atoms with E-state index in [1.165, 1.54) is 23.6 Å². The van der Waals surface area contributed by atoms with E-state index in [4.69, 9.17) is 9.47 Å². The summed E-state index contributed by atoms with van der Waals surface area (Å²) in [6.45, 7) is 0. The van der Waals surface area contributed by atoms with Crippen LogP contribution in [-0.4, -0.2) is 25.3 Å². The normalized spacial score (nSPS) is 27.8. The molecule has 2 heterocycles. The van der Waals surface area contributed by atoms with Gasteiger partial charge in [0, 0.05) is 12.1 Å². The van der Waals surface area contributed by atoms with Crippen LogP contribution in [0.1, 0.15) is 25.7 Å². The van der Waals surface area contributed by atoms with Crippen molar-refractivity contribution in [3.63, 3.8) is 0 Å². The third-order valence-electron chi connectivity index (χ3n) is 4.75. The van der Waals surface area contributed by atoms with Gasteiger partial charge < -0.3 is 14.8 Å². The molecule has 0 aromatic heterocycles. The highest BCUT2D eigenvalue weighted by molar-refractivity contribution is 5.85. The van der Waals surface area contributed by atoms with Crippen LogP contribution in [0.3, 0.4) is 0 Å². The fraction of sp³-hybridized carbons (Fsp3) is 0.444. The number of hydrogen-bond donors (Lipinski definition) is 1. The van der Waals surface area contributed by atoms with Gasteiger partial charge in [0.15, 0.2) is 0 Å². The number of benzene rings is 2. The summed E-state index contributed by atoms with van der Waals surface area (Å²) >= 11 is 0. The molecule has 3 heteroatoms. The zero-order chi connectivity index (χ0) is 14.2.